The molecule has 1 saturated carbocycles. The van der Waals surface area contributed by atoms with E-state index in [9.17, 15) is 14.4 Å². The summed E-state index contributed by atoms with van der Waals surface area (Å²) < 4.78 is 1.97. The Balaban J connectivity index is 1.27. The van der Waals surface area contributed by atoms with Gasteiger partial charge in [0.15, 0.2) is 0 Å². The molecule has 1 aromatic heterocycles. The molecule has 0 unspecified atom stereocenters. The molecule has 2 fully saturated rings. The van der Waals surface area contributed by atoms with E-state index in [-0.39, 0.29) is 12.5 Å². The number of rotatable bonds is 4. The van der Waals surface area contributed by atoms with E-state index in [1.807, 2.05) is 41.0 Å². The second-order valence-corrected chi connectivity index (χ2v) is 8.52. The second-order valence-electron chi connectivity index (χ2n) is 8.52. The number of nitrogens with zero attached hydrogens (tertiary/aromatic N) is 4. The van der Waals surface area contributed by atoms with Gasteiger partial charge in [-0.05, 0) is 49.2 Å². The number of amides is 4. The summed E-state index contributed by atoms with van der Waals surface area (Å²) in [5, 5.41) is 2.80. The fourth-order valence-corrected chi connectivity index (χ4v) is 4.89. The number of imidazole rings is 1. The van der Waals surface area contributed by atoms with Crippen LogP contribution in [0.3, 0.4) is 0 Å². The van der Waals surface area contributed by atoms with Gasteiger partial charge in [0.25, 0.3) is 5.91 Å². The molecule has 5 rings (SSSR count). The van der Waals surface area contributed by atoms with Crippen LogP contribution in [-0.4, -0.2) is 56.3 Å². The van der Waals surface area contributed by atoms with Crippen molar-refractivity contribution in [2.45, 2.75) is 37.6 Å². The van der Waals surface area contributed by atoms with Gasteiger partial charge in [0.1, 0.15) is 18.4 Å². The normalized spacial score (nSPS) is 18.0. The van der Waals surface area contributed by atoms with Crippen LogP contribution in [0.4, 0.5) is 10.5 Å². The standard InChI is InChI=1S/C24H25N5O3/c1-27-23(32)28(22(31)24(27)13-5-2-6-14-24)15-21(30)26-17-9-11-18(12-10-17)29-16-25-19-7-3-4-8-20(19)29/h3-4,7-12,16H,2,5-6,13-15H2,1H3,(H,26,30). The van der Waals surface area contributed by atoms with Crippen molar-refractivity contribution in [3.8, 4) is 5.69 Å². The van der Waals surface area contributed by atoms with Crippen molar-refractivity contribution in [3.63, 3.8) is 0 Å². The van der Waals surface area contributed by atoms with Gasteiger partial charge >= 0.3 is 6.03 Å². The Bertz CT molecular complexity index is 1190. The molecule has 32 heavy (non-hydrogen) atoms. The lowest BCUT2D eigenvalue weighted by molar-refractivity contribution is -0.136. The maximum atomic E-state index is 13.0. The minimum atomic E-state index is -0.773. The minimum absolute atomic E-state index is 0.248. The summed E-state index contributed by atoms with van der Waals surface area (Å²) in [4.78, 5) is 45.4. The Morgan fingerprint density at radius 3 is 2.50 bits per heavy atom. The molecule has 4 amide bonds. The van der Waals surface area contributed by atoms with Crippen LogP contribution in [0.15, 0.2) is 54.9 Å². The summed E-state index contributed by atoms with van der Waals surface area (Å²) >= 11 is 0. The number of anilines is 1. The van der Waals surface area contributed by atoms with E-state index in [4.69, 9.17) is 0 Å². The SMILES string of the molecule is CN1C(=O)N(CC(=O)Nc2ccc(-n3cnc4ccccc43)cc2)C(=O)C12CCCCC2. The number of aromatic nitrogens is 2. The number of imide groups is 1. The lowest BCUT2D eigenvalue weighted by Crippen LogP contribution is -2.49. The zero-order valence-electron chi connectivity index (χ0n) is 18.0. The molecule has 0 radical (unpaired) electrons. The monoisotopic (exact) mass is 431 g/mol. The highest BCUT2D eigenvalue weighted by atomic mass is 16.2. The van der Waals surface area contributed by atoms with Crippen LogP contribution in [0.25, 0.3) is 16.7 Å². The third kappa shape index (κ3) is 3.23. The van der Waals surface area contributed by atoms with Gasteiger partial charge in [-0.15, -0.1) is 0 Å². The quantitative estimate of drug-likeness (QED) is 0.640. The van der Waals surface area contributed by atoms with Gasteiger partial charge in [-0.25, -0.2) is 9.78 Å². The van der Waals surface area contributed by atoms with E-state index in [1.165, 1.54) is 4.90 Å². The van der Waals surface area contributed by atoms with Crippen molar-refractivity contribution in [1.82, 2.24) is 19.4 Å². The third-order valence-corrected chi connectivity index (χ3v) is 6.67. The Morgan fingerprint density at radius 2 is 1.75 bits per heavy atom. The number of hydrogen-bond acceptors (Lipinski definition) is 4. The van der Waals surface area contributed by atoms with Gasteiger partial charge in [0.2, 0.25) is 5.91 Å². The third-order valence-electron chi connectivity index (χ3n) is 6.67. The van der Waals surface area contributed by atoms with Crippen molar-refractivity contribution in [2.24, 2.45) is 0 Å². The summed E-state index contributed by atoms with van der Waals surface area (Å²) in [7, 11) is 1.67. The lowest BCUT2D eigenvalue weighted by Gasteiger charge is -2.35. The summed E-state index contributed by atoms with van der Waals surface area (Å²) in [5.74, 6) is -0.643. The molecule has 164 valence electrons. The van der Waals surface area contributed by atoms with E-state index in [0.717, 1.165) is 40.9 Å². The molecule has 1 aliphatic heterocycles. The Hall–Kier alpha value is -3.68. The smallest absolute Gasteiger partial charge is 0.325 e. The second kappa shape index (κ2) is 7.78. The summed E-state index contributed by atoms with van der Waals surface area (Å²) in [6, 6.07) is 14.8. The van der Waals surface area contributed by atoms with E-state index < -0.39 is 17.5 Å². The predicted octanol–water partition coefficient (Wildman–Crippen LogP) is 3.56. The Morgan fingerprint density at radius 1 is 1.03 bits per heavy atom. The summed E-state index contributed by atoms with van der Waals surface area (Å²) in [5.41, 5.74) is 2.65. The number of nitrogens with one attached hydrogen (secondary N) is 1. The maximum Gasteiger partial charge on any atom is 0.327 e. The van der Waals surface area contributed by atoms with Crippen molar-refractivity contribution in [2.75, 3.05) is 18.9 Å². The minimum Gasteiger partial charge on any atom is -0.325 e. The molecule has 1 N–H and O–H groups in total. The van der Waals surface area contributed by atoms with Crippen LogP contribution in [-0.2, 0) is 9.59 Å². The fraction of sp³-hybridized carbons (Fsp3) is 0.333. The fourth-order valence-electron chi connectivity index (χ4n) is 4.89. The van der Waals surface area contributed by atoms with Crippen molar-refractivity contribution in [1.29, 1.82) is 0 Å². The molecule has 8 heteroatoms. The van der Waals surface area contributed by atoms with Gasteiger partial charge in [-0.1, -0.05) is 31.4 Å². The highest BCUT2D eigenvalue weighted by molar-refractivity contribution is 6.10. The van der Waals surface area contributed by atoms with E-state index >= 15 is 0 Å². The van der Waals surface area contributed by atoms with Gasteiger partial charge in [-0.2, -0.15) is 0 Å². The first-order valence-corrected chi connectivity index (χ1v) is 10.9. The molecular formula is C24H25N5O3. The van der Waals surface area contributed by atoms with E-state index in [1.54, 1.807) is 25.5 Å². The average Bonchev–Trinajstić information content (AvgIpc) is 3.32. The zero-order chi connectivity index (χ0) is 22.3. The molecule has 2 aromatic carbocycles. The molecule has 8 nitrogen and oxygen atoms in total. The Labute approximate surface area is 185 Å². The van der Waals surface area contributed by atoms with E-state index in [0.29, 0.717) is 18.5 Å². The molecule has 0 atom stereocenters. The maximum absolute atomic E-state index is 13.0. The number of urea groups is 1. The van der Waals surface area contributed by atoms with Crippen LogP contribution in [0.1, 0.15) is 32.1 Å². The van der Waals surface area contributed by atoms with Crippen LogP contribution >= 0.6 is 0 Å². The molecule has 3 aromatic rings. The number of para-hydroxylation sites is 2. The average molecular weight is 431 g/mol. The van der Waals surface area contributed by atoms with Crippen LogP contribution in [0.2, 0.25) is 0 Å². The van der Waals surface area contributed by atoms with Gasteiger partial charge in [0, 0.05) is 18.4 Å². The van der Waals surface area contributed by atoms with Crippen LogP contribution in [0, 0.1) is 0 Å². The number of fused-ring (bicyclic) bond motifs is 1. The van der Waals surface area contributed by atoms with E-state index in [2.05, 4.69) is 10.3 Å². The summed E-state index contributed by atoms with van der Waals surface area (Å²) in [6.07, 6.45) is 6.00. The molecule has 0 bridgehead atoms. The van der Waals surface area contributed by atoms with Crippen molar-refractivity contribution >= 4 is 34.6 Å². The molecule has 1 aliphatic carbocycles. The van der Waals surface area contributed by atoms with Crippen LogP contribution in [0.5, 0.6) is 0 Å². The molecule has 1 spiro atoms. The largest absolute Gasteiger partial charge is 0.327 e. The number of likely N-dealkylation sites (N-methyl/N-ethyl adjacent to an activating group) is 1. The molecule has 1 saturated heterocycles. The zero-order valence-corrected chi connectivity index (χ0v) is 18.0. The summed E-state index contributed by atoms with van der Waals surface area (Å²) in [6.45, 7) is -0.280. The van der Waals surface area contributed by atoms with Gasteiger partial charge < -0.3 is 10.2 Å². The van der Waals surface area contributed by atoms with Crippen molar-refractivity contribution < 1.29 is 14.4 Å². The van der Waals surface area contributed by atoms with Crippen LogP contribution < -0.4 is 5.32 Å². The first-order chi connectivity index (χ1) is 15.5. The predicted molar refractivity (Wildman–Crippen MR) is 120 cm³/mol. The van der Waals surface area contributed by atoms with Gasteiger partial charge in [0.05, 0.1) is 11.0 Å². The number of carbonyl (C=O) groups excluding carboxylic acids is 3. The first-order valence-electron chi connectivity index (χ1n) is 10.9. The lowest BCUT2D eigenvalue weighted by atomic mass is 9.81. The van der Waals surface area contributed by atoms with Gasteiger partial charge in [-0.3, -0.25) is 19.1 Å². The molecule has 2 heterocycles. The highest BCUT2D eigenvalue weighted by Gasteiger charge is 2.55. The number of hydrogen-bond donors (Lipinski definition) is 1. The highest BCUT2D eigenvalue weighted by Crippen LogP contribution is 2.39. The number of carbonyl (C=O) groups is 3. The Kier molecular flexibility index (Phi) is 4.92. The first kappa shape index (κ1) is 20.2. The molecular weight excluding hydrogens is 406 g/mol. The molecule has 2 aliphatic rings. The van der Waals surface area contributed by atoms with Crippen molar-refractivity contribution in [3.05, 3.63) is 54.9 Å². The topological polar surface area (TPSA) is 87.5 Å². The number of benzene rings is 2.